The third-order valence-electron chi connectivity index (χ3n) is 2.08. The molecule has 0 aromatic heterocycles. The average Bonchev–Trinajstić information content (AvgIpc) is 2.29. The summed E-state index contributed by atoms with van der Waals surface area (Å²) in [6.07, 6.45) is 0. The quantitative estimate of drug-likeness (QED) is 0.787. The van der Waals surface area contributed by atoms with Gasteiger partial charge in [-0.3, -0.25) is 0 Å². The Morgan fingerprint density at radius 3 is 2.44 bits per heavy atom. The Hall–Kier alpha value is -1.18. The fourth-order valence-electron chi connectivity index (χ4n) is 1.26. The molecule has 0 saturated carbocycles. The van der Waals surface area contributed by atoms with Crippen LogP contribution in [0.5, 0.6) is 5.75 Å². The molecular formula is C13H9Cl2O. The van der Waals surface area contributed by atoms with Crippen LogP contribution in [0.1, 0.15) is 5.56 Å². The molecule has 3 heteroatoms. The van der Waals surface area contributed by atoms with E-state index in [2.05, 4.69) is 6.07 Å². The molecule has 1 nitrogen and oxygen atoms in total. The van der Waals surface area contributed by atoms with E-state index in [1.54, 1.807) is 6.07 Å². The van der Waals surface area contributed by atoms with Gasteiger partial charge in [-0.05, 0) is 18.2 Å². The third kappa shape index (κ3) is 2.91. The topological polar surface area (TPSA) is 9.23 Å². The normalized spacial score (nSPS) is 10.1. The molecule has 0 heterocycles. The van der Waals surface area contributed by atoms with E-state index in [9.17, 15) is 0 Å². The summed E-state index contributed by atoms with van der Waals surface area (Å²) in [5.41, 5.74) is 0.870. The van der Waals surface area contributed by atoms with Crippen LogP contribution in [0.2, 0.25) is 10.0 Å². The number of halogens is 2. The van der Waals surface area contributed by atoms with Crippen LogP contribution in [0, 0.1) is 6.07 Å². The first-order chi connectivity index (χ1) is 7.75. The average molecular weight is 252 g/mol. The second-order valence-corrected chi connectivity index (χ2v) is 4.03. The minimum absolute atomic E-state index is 0.413. The smallest absolute Gasteiger partial charge is 0.119 e. The molecule has 1 radical (unpaired) electrons. The Morgan fingerprint density at radius 2 is 1.75 bits per heavy atom. The van der Waals surface area contributed by atoms with Crippen molar-refractivity contribution >= 4 is 23.2 Å². The summed E-state index contributed by atoms with van der Waals surface area (Å²) in [7, 11) is 0. The summed E-state index contributed by atoms with van der Waals surface area (Å²) in [5.74, 6) is 0.813. The highest BCUT2D eigenvalue weighted by atomic mass is 35.5. The van der Waals surface area contributed by atoms with Crippen molar-refractivity contribution in [3.05, 3.63) is 64.1 Å². The molecule has 0 atom stereocenters. The zero-order chi connectivity index (χ0) is 11.4. The van der Waals surface area contributed by atoms with E-state index in [1.165, 1.54) is 0 Å². The number of hydrogen-bond donors (Lipinski definition) is 0. The maximum Gasteiger partial charge on any atom is 0.119 e. The lowest BCUT2D eigenvalue weighted by molar-refractivity contribution is 0.306. The fourth-order valence-corrected chi connectivity index (χ4v) is 1.69. The van der Waals surface area contributed by atoms with Gasteiger partial charge in [0.25, 0.3) is 0 Å². The van der Waals surface area contributed by atoms with E-state index < -0.39 is 0 Å². The Labute approximate surface area is 105 Å². The SMILES string of the molecule is Clc1[c]c(Cl)c(COc2ccccc2)cc1. The molecule has 2 aromatic rings. The van der Waals surface area contributed by atoms with Gasteiger partial charge < -0.3 is 4.74 Å². The number of para-hydroxylation sites is 1. The predicted molar refractivity (Wildman–Crippen MR) is 66.1 cm³/mol. The second-order valence-electron chi connectivity index (χ2n) is 3.25. The van der Waals surface area contributed by atoms with Gasteiger partial charge in [0, 0.05) is 11.6 Å². The monoisotopic (exact) mass is 251 g/mol. The summed E-state index contributed by atoms with van der Waals surface area (Å²) < 4.78 is 5.57. The maximum atomic E-state index is 5.98. The Balaban J connectivity index is 2.05. The summed E-state index contributed by atoms with van der Waals surface area (Å²) in [6.45, 7) is 0.413. The van der Waals surface area contributed by atoms with E-state index in [0.29, 0.717) is 16.7 Å². The van der Waals surface area contributed by atoms with Gasteiger partial charge in [0.1, 0.15) is 12.4 Å². The number of benzene rings is 2. The first kappa shape index (κ1) is 11.3. The number of hydrogen-bond acceptors (Lipinski definition) is 1. The highest BCUT2D eigenvalue weighted by molar-refractivity contribution is 6.34. The molecule has 81 valence electrons. The van der Waals surface area contributed by atoms with Crippen LogP contribution in [0.3, 0.4) is 0 Å². The number of ether oxygens (including phenoxy) is 1. The van der Waals surface area contributed by atoms with Gasteiger partial charge in [-0.2, -0.15) is 0 Å². The zero-order valence-corrected chi connectivity index (χ0v) is 9.92. The van der Waals surface area contributed by atoms with Crippen molar-refractivity contribution in [2.75, 3.05) is 0 Å². The largest absolute Gasteiger partial charge is 0.489 e. The standard InChI is InChI=1S/C13H9Cl2O/c14-11-7-6-10(13(15)8-11)9-16-12-4-2-1-3-5-12/h1-7H,9H2. The Morgan fingerprint density at radius 1 is 1.00 bits per heavy atom. The minimum atomic E-state index is 0.413. The molecule has 0 spiro atoms. The van der Waals surface area contributed by atoms with Crippen molar-refractivity contribution in [2.45, 2.75) is 6.61 Å². The summed E-state index contributed by atoms with van der Waals surface area (Å²) >= 11 is 11.7. The first-order valence-corrected chi connectivity index (χ1v) is 5.55. The van der Waals surface area contributed by atoms with Crippen LogP contribution in [0.15, 0.2) is 42.5 Å². The van der Waals surface area contributed by atoms with Crippen LogP contribution in [0.25, 0.3) is 0 Å². The predicted octanol–water partition coefficient (Wildman–Crippen LogP) is 4.37. The van der Waals surface area contributed by atoms with Crippen molar-refractivity contribution < 1.29 is 4.74 Å². The fraction of sp³-hybridized carbons (Fsp3) is 0.0769. The Bertz CT molecular complexity index is 469. The van der Waals surface area contributed by atoms with E-state index in [-0.39, 0.29) is 0 Å². The highest BCUT2D eigenvalue weighted by Gasteiger charge is 2.02. The van der Waals surface area contributed by atoms with Gasteiger partial charge in [0.2, 0.25) is 0 Å². The Kier molecular flexibility index (Phi) is 3.70. The van der Waals surface area contributed by atoms with Gasteiger partial charge in [-0.1, -0.05) is 47.5 Å². The van der Waals surface area contributed by atoms with Crippen molar-refractivity contribution in [3.63, 3.8) is 0 Å². The molecule has 16 heavy (non-hydrogen) atoms. The molecule has 0 fully saturated rings. The lowest BCUT2D eigenvalue weighted by Crippen LogP contribution is -1.95. The lowest BCUT2D eigenvalue weighted by atomic mass is 10.2. The van der Waals surface area contributed by atoms with E-state index in [1.807, 2.05) is 36.4 Å². The highest BCUT2D eigenvalue weighted by Crippen LogP contribution is 2.21. The second kappa shape index (κ2) is 5.24. The molecule has 0 amide bonds. The van der Waals surface area contributed by atoms with Crippen molar-refractivity contribution in [2.24, 2.45) is 0 Å². The van der Waals surface area contributed by atoms with Crippen LogP contribution in [0.4, 0.5) is 0 Å². The molecule has 0 aliphatic rings. The molecule has 0 bridgehead atoms. The van der Waals surface area contributed by atoms with Gasteiger partial charge in [-0.25, -0.2) is 0 Å². The van der Waals surface area contributed by atoms with E-state index >= 15 is 0 Å². The van der Waals surface area contributed by atoms with E-state index in [0.717, 1.165) is 11.3 Å². The van der Waals surface area contributed by atoms with Crippen molar-refractivity contribution in [1.29, 1.82) is 0 Å². The van der Waals surface area contributed by atoms with Crippen LogP contribution in [-0.4, -0.2) is 0 Å². The van der Waals surface area contributed by atoms with Crippen LogP contribution < -0.4 is 4.74 Å². The van der Waals surface area contributed by atoms with Crippen molar-refractivity contribution in [1.82, 2.24) is 0 Å². The van der Waals surface area contributed by atoms with E-state index in [4.69, 9.17) is 27.9 Å². The minimum Gasteiger partial charge on any atom is -0.489 e. The van der Waals surface area contributed by atoms with Crippen LogP contribution >= 0.6 is 23.2 Å². The van der Waals surface area contributed by atoms with Gasteiger partial charge in [0.15, 0.2) is 0 Å². The molecule has 0 aliphatic heterocycles. The van der Waals surface area contributed by atoms with Gasteiger partial charge in [-0.15, -0.1) is 0 Å². The molecule has 2 rings (SSSR count). The maximum absolute atomic E-state index is 5.98. The molecule has 0 saturated heterocycles. The summed E-state index contributed by atoms with van der Waals surface area (Å²) in [5, 5.41) is 1.01. The van der Waals surface area contributed by atoms with Gasteiger partial charge >= 0.3 is 0 Å². The molecule has 0 N–H and O–H groups in total. The summed E-state index contributed by atoms with van der Waals surface area (Å²) in [6, 6.07) is 16.0. The molecule has 0 aliphatic carbocycles. The molecule has 0 unspecified atom stereocenters. The molecule has 2 aromatic carbocycles. The summed E-state index contributed by atoms with van der Waals surface area (Å²) in [4.78, 5) is 0. The zero-order valence-electron chi connectivity index (χ0n) is 8.41. The third-order valence-corrected chi connectivity index (χ3v) is 2.64. The van der Waals surface area contributed by atoms with Crippen molar-refractivity contribution in [3.8, 4) is 5.75 Å². The van der Waals surface area contributed by atoms with Gasteiger partial charge in [0.05, 0.1) is 10.0 Å². The lowest BCUT2D eigenvalue weighted by Gasteiger charge is -2.07. The number of rotatable bonds is 3. The van der Waals surface area contributed by atoms with Crippen LogP contribution in [-0.2, 0) is 6.61 Å². The molecular weight excluding hydrogens is 243 g/mol. The first-order valence-electron chi connectivity index (χ1n) is 4.80.